The molecule has 1 atom stereocenters. The molecule has 0 fully saturated rings. The summed E-state index contributed by atoms with van der Waals surface area (Å²) in [4.78, 5) is 12.7. The van der Waals surface area contributed by atoms with Crippen LogP contribution in [0.15, 0.2) is 0 Å². The Balaban J connectivity index is 4.01. The minimum absolute atomic E-state index is 0.0290. The van der Waals surface area contributed by atoms with Gasteiger partial charge in [-0.15, -0.1) is 11.6 Å². The molecule has 0 bridgehead atoms. The second kappa shape index (κ2) is 4.60. The number of alkyl halides is 1. The fourth-order valence-corrected chi connectivity index (χ4v) is 1.12. The van der Waals surface area contributed by atoms with E-state index in [1.54, 1.807) is 11.8 Å². The molecule has 0 aromatic carbocycles. The van der Waals surface area contributed by atoms with Gasteiger partial charge in [-0.05, 0) is 20.8 Å². The molecule has 1 amide bonds. The smallest absolute Gasteiger partial charge is 0.219 e. The van der Waals surface area contributed by atoms with Crippen molar-refractivity contribution in [1.82, 2.24) is 4.90 Å². The Morgan fingerprint density at radius 3 is 2.00 bits per heavy atom. The van der Waals surface area contributed by atoms with E-state index in [2.05, 4.69) is 0 Å². The van der Waals surface area contributed by atoms with Crippen LogP contribution >= 0.6 is 11.6 Å². The average molecular weight is 178 g/mol. The molecular weight excluding hydrogens is 162 g/mol. The number of hydrogen-bond donors (Lipinski definition) is 0. The Morgan fingerprint density at radius 1 is 1.45 bits per heavy atom. The summed E-state index contributed by atoms with van der Waals surface area (Å²) in [7, 11) is 0. The van der Waals surface area contributed by atoms with Gasteiger partial charge in [0.15, 0.2) is 0 Å². The second-order valence-electron chi connectivity index (χ2n) is 3.05. The minimum atomic E-state index is 0.0290. The lowest BCUT2D eigenvalue weighted by Gasteiger charge is -2.26. The van der Waals surface area contributed by atoms with Crippen molar-refractivity contribution in [3.8, 4) is 0 Å². The predicted molar refractivity (Wildman–Crippen MR) is 47.8 cm³/mol. The quantitative estimate of drug-likeness (QED) is 0.603. The predicted octanol–water partition coefficient (Wildman–Crippen LogP) is 1.87. The standard InChI is InChI=1S/C8H16ClNO/c1-6(2)10(8(4)11)5-7(3)9/h6-7H,5H2,1-4H3. The SMILES string of the molecule is CC(=O)N(CC(C)Cl)C(C)C. The second-order valence-corrected chi connectivity index (χ2v) is 3.79. The van der Waals surface area contributed by atoms with Crippen molar-refractivity contribution in [2.75, 3.05) is 6.54 Å². The number of halogens is 1. The van der Waals surface area contributed by atoms with Gasteiger partial charge in [-0.1, -0.05) is 0 Å². The van der Waals surface area contributed by atoms with Gasteiger partial charge in [-0.25, -0.2) is 0 Å². The summed E-state index contributed by atoms with van der Waals surface area (Å²) < 4.78 is 0. The molecule has 0 aliphatic carbocycles. The highest BCUT2D eigenvalue weighted by Crippen LogP contribution is 2.03. The first-order chi connectivity index (χ1) is 4.95. The van der Waals surface area contributed by atoms with Gasteiger partial charge in [0, 0.05) is 24.9 Å². The van der Waals surface area contributed by atoms with Crippen LogP contribution in [0.5, 0.6) is 0 Å². The lowest BCUT2D eigenvalue weighted by Crippen LogP contribution is -2.38. The Labute approximate surface area is 73.5 Å². The highest BCUT2D eigenvalue weighted by atomic mass is 35.5. The summed E-state index contributed by atoms with van der Waals surface area (Å²) in [5.41, 5.74) is 0. The van der Waals surface area contributed by atoms with E-state index in [0.717, 1.165) is 0 Å². The average Bonchev–Trinajstić information content (AvgIpc) is 1.81. The van der Waals surface area contributed by atoms with Crippen molar-refractivity contribution >= 4 is 17.5 Å². The third-order valence-corrected chi connectivity index (χ3v) is 1.61. The Bertz CT molecular complexity index is 134. The van der Waals surface area contributed by atoms with E-state index in [9.17, 15) is 4.79 Å². The van der Waals surface area contributed by atoms with Crippen LogP contribution in [0.2, 0.25) is 0 Å². The molecule has 2 nitrogen and oxygen atoms in total. The zero-order chi connectivity index (χ0) is 9.02. The van der Waals surface area contributed by atoms with Crippen LogP contribution in [0, 0.1) is 0 Å². The van der Waals surface area contributed by atoms with Gasteiger partial charge in [0.1, 0.15) is 0 Å². The van der Waals surface area contributed by atoms with Crippen molar-refractivity contribution in [3.63, 3.8) is 0 Å². The molecule has 0 aliphatic rings. The summed E-state index contributed by atoms with van der Waals surface area (Å²) in [6.45, 7) is 8.06. The summed E-state index contributed by atoms with van der Waals surface area (Å²) in [6, 6.07) is 0.244. The number of carbonyl (C=O) groups excluding carboxylic acids is 1. The molecule has 0 aromatic heterocycles. The van der Waals surface area contributed by atoms with Crippen LogP contribution in [0.4, 0.5) is 0 Å². The van der Waals surface area contributed by atoms with E-state index in [4.69, 9.17) is 11.6 Å². The third-order valence-electron chi connectivity index (χ3n) is 1.48. The van der Waals surface area contributed by atoms with Gasteiger partial charge in [0.2, 0.25) is 5.91 Å². The molecule has 66 valence electrons. The zero-order valence-electron chi connectivity index (χ0n) is 7.60. The van der Waals surface area contributed by atoms with Gasteiger partial charge in [-0.3, -0.25) is 4.79 Å². The molecule has 0 saturated heterocycles. The van der Waals surface area contributed by atoms with Crippen LogP contribution in [-0.4, -0.2) is 28.8 Å². The van der Waals surface area contributed by atoms with Crippen LogP contribution in [0.3, 0.4) is 0 Å². The molecule has 0 aliphatic heterocycles. The first kappa shape index (κ1) is 10.8. The molecule has 0 N–H and O–H groups in total. The number of hydrogen-bond acceptors (Lipinski definition) is 1. The van der Waals surface area contributed by atoms with E-state index >= 15 is 0 Å². The first-order valence-corrected chi connectivity index (χ1v) is 4.30. The maximum absolute atomic E-state index is 11.0. The fourth-order valence-electron chi connectivity index (χ4n) is 0.974. The molecule has 1 unspecified atom stereocenters. The van der Waals surface area contributed by atoms with Crippen LogP contribution in [0.25, 0.3) is 0 Å². The Kier molecular flexibility index (Phi) is 4.50. The normalized spacial score (nSPS) is 13.3. The highest BCUT2D eigenvalue weighted by Gasteiger charge is 2.13. The monoisotopic (exact) mass is 177 g/mol. The summed E-state index contributed by atoms with van der Waals surface area (Å²) in [5, 5.41) is 0.0290. The van der Waals surface area contributed by atoms with Crippen molar-refractivity contribution in [1.29, 1.82) is 0 Å². The molecule has 0 saturated carbocycles. The number of rotatable bonds is 3. The minimum Gasteiger partial charge on any atom is -0.339 e. The van der Waals surface area contributed by atoms with Gasteiger partial charge < -0.3 is 4.90 Å². The molecule has 3 heteroatoms. The number of carbonyl (C=O) groups is 1. The largest absolute Gasteiger partial charge is 0.339 e. The molecule has 0 radical (unpaired) electrons. The van der Waals surface area contributed by atoms with Crippen molar-refractivity contribution in [2.45, 2.75) is 39.1 Å². The molecule has 0 rings (SSSR count). The van der Waals surface area contributed by atoms with Gasteiger partial charge in [0.05, 0.1) is 0 Å². The van der Waals surface area contributed by atoms with Gasteiger partial charge in [0.25, 0.3) is 0 Å². The van der Waals surface area contributed by atoms with E-state index in [1.807, 2.05) is 20.8 Å². The topological polar surface area (TPSA) is 20.3 Å². The van der Waals surface area contributed by atoms with Crippen LogP contribution in [-0.2, 0) is 4.79 Å². The number of nitrogens with zero attached hydrogens (tertiary/aromatic N) is 1. The first-order valence-electron chi connectivity index (χ1n) is 3.86. The fraction of sp³-hybridized carbons (Fsp3) is 0.875. The summed E-state index contributed by atoms with van der Waals surface area (Å²) >= 11 is 5.77. The summed E-state index contributed by atoms with van der Waals surface area (Å²) in [5.74, 6) is 0.0903. The molecule has 0 spiro atoms. The third kappa shape index (κ3) is 4.25. The highest BCUT2D eigenvalue weighted by molar-refractivity contribution is 6.20. The molecular formula is C8H16ClNO. The maximum Gasteiger partial charge on any atom is 0.219 e. The van der Waals surface area contributed by atoms with E-state index in [-0.39, 0.29) is 17.3 Å². The van der Waals surface area contributed by atoms with E-state index < -0.39 is 0 Å². The molecule has 0 heterocycles. The van der Waals surface area contributed by atoms with E-state index in [0.29, 0.717) is 6.54 Å². The van der Waals surface area contributed by atoms with E-state index in [1.165, 1.54) is 0 Å². The van der Waals surface area contributed by atoms with Gasteiger partial charge >= 0.3 is 0 Å². The van der Waals surface area contributed by atoms with Crippen molar-refractivity contribution in [3.05, 3.63) is 0 Å². The maximum atomic E-state index is 11.0. The van der Waals surface area contributed by atoms with Crippen LogP contribution < -0.4 is 0 Å². The van der Waals surface area contributed by atoms with Gasteiger partial charge in [-0.2, -0.15) is 0 Å². The zero-order valence-corrected chi connectivity index (χ0v) is 8.35. The van der Waals surface area contributed by atoms with Crippen LogP contribution in [0.1, 0.15) is 27.7 Å². The van der Waals surface area contributed by atoms with Crippen molar-refractivity contribution in [2.24, 2.45) is 0 Å². The Morgan fingerprint density at radius 2 is 1.91 bits per heavy atom. The lowest BCUT2D eigenvalue weighted by atomic mass is 10.3. The summed E-state index contributed by atoms with van der Waals surface area (Å²) in [6.07, 6.45) is 0. The Hall–Kier alpha value is -0.240. The molecule has 0 aromatic rings. The van der Waals surface area contributed by atoms with Crippen molar-refractivity contribution < 1.29 is 4.79 Å². The molecule has 11 heavy (non-hydrogen) atoms. The number of amides is 1. The lowest BCUT2D eigenvalue weighted by molar-refractivity contribution is -0.130.